The molecule has 2 rings (SSSR count). The molecule has 0 aromatic heterocycles. The lowest BCUT2D eigenvalue weighted by molar-refractivity contribution is -0.192. The molecule has 1 aliphatic rings. The lowest BCUT2D eigenvalue weighted by atomic mass is 10.1. The van der Waals surface area contributed by atoms with Gasteiger partial charge in [-0.15, -0.1) is 5.17 Å². The summed E-state index contributed by atoms with van der Waals surface area (Å²) in [7, 11) is 0. The molecule has 0 aliphatic carbocycles. The highest BCUT2D eigenvalue weighted by Crippen LogP contribution is 2.40. The number of nitrogens with one attached hydrogen (secondary N) is 1. The maximum atomic E-state index is 12.9. The van der Waals surface area contributed by atoms with Crippen LogP contribution in [0.1, 0.15) is 11.1 Å². The lowest BCUT2D eigenvalue weighted by Gasteiger charge is -2.27. The molecule has 0 atom stereocenters. The summed E-state index contributed by atoms with van der Waals surface area (Å²) in [5, 5.41) is -0.00723. The molecule has 0 spiro atoms. The molecule has 22 heavy (non-hydrogen) atoms. The number of halogens is 6. The molecule has 1 aromatic rings. The highest BCUT2D eigenvalue weighted by molar-refractivity contribution is 6.30. The molecule has 6 nitrogen and oxygen atoms in total. The Hall–Kier alpha value is -2.50. The number of rotatable bonds is 1. The van der Waals surface area contributed by atoms with E-state index in [9.17, 15) is 35.9 Å². The molecule has 0 saturated carbocycles. The summed E-state index contributed by atoms with van der Waals surface area (Å²) >= 11 is 0. The number of carbonyl (C=O) groups excluding carboxylic acids is 2. The van der Waals surface area contributed by atoms with Crippen molar-refractivity contribution in [3.05, 3.63) is 29.3 Å². The number of hydrogen-bond acceptors (Lipinski definition) is 6. The van der Waals surface area contributed by atoms with Crippen LogP contribution in [0.4, 0.5) is 32.0 Å². The number of hydrazine groups is 1. The zero-order valence-electron chi connectivity index (χ0n) is 10.1. The SMILES string of the molecule is O=C1ONN(c2ccc(C(F)(F)F)cc2C(F)(F)F)OC1=O. The van der Waals surface area contributed by atoms with Gasteiger partial charge in [0.1, 0.15) is 5.69 Å². The first kappa shape index (κ1) is 15.9. The van der Waals surface area contributed by atoms with Gasteiger partial charge in [0.15, 0.2) is 0 Å². The molecule has 0 radical (unpaired) electrons. The predicted octanol–water partition coefficient (Wildman–Crippen LogP) is 1.97. The number of benzene rings is 1. The van der Waals surface area contributed by atoms with Crippen molar-refractivity contribution in [1.29, 1.82) is 0 Å². The van der Waals surface area contributed by atoms with Gasteiger partial charge < -0.3 is 9.68 Å². The molecule has 0 bridgehead atoms. The van der Waals surface area contributed by atoms with Crippen LogP contribution >= 0.6 is 0 Å². The Morgan fingerprint density at radius 3 is 2.09 bits per heavy atom. The Balaban J connectivity index is 2.47. The minimum atomic E-state index is -5.19. The van der Waals surface area contributed by atoms with Gasteiger partial charge in [0, 0.05) is 0 Å². The number of hydrogen-bond donors (Lipinski definition) is 1. The van der Waals surface area contributed by atoms with Crippen molar-refractivity contribution in [2.24, 2.45) is 0 Å². The Morgan fingerprint density at radius 2 is 1.59 bits per heavy atom. The van der Waals surface area contributed by atoms with E-state index in [0.717, 1.165) is 0 Å². The predicted molar refractivity (Wildman–Crippen MR) is 54.2 cm³/mol. The quantitative estimate of drug-likeness (QED) is 0.627. The smallest absolute Gasteiger partial charge is 0.338 e. The van der Waals surface area contributed by atoms with Crippen LogP contribution in [-0.4, -0.2) is 11.9 Å². The minimum Gasteiger partial charge on any atom is -0.338 e. The van der Waals surface area contributed by atoms with Crippen molar-refractivity contribution in [2.75, 3.05) is 5.17 Å². The molecule has 1 aromatic carbocycles. The molecular formula is C10H4F6N2O4. The number of alkyl halides is 6. The van der Waals surface area contributed by atoms with Crippen LogP contribution in [0.3, 0.4) is 0 Å². The highest BCUT2D eigenvalue weighted by Gasteiger charge is 2.41. The van der Waals surface area contributed by atoms with Gasteiger partial charge in [-0.3, -0.25) is 0 Å². The van der Waals surface area contributed by atoms with E-state index in [2.05, 4.69) is 9.68 Å². The largest absolute Gasteiger partial charge is 0.444 e. The van der Waals surface area contributed by atoms with E-state index in [4.69, 9.17) is 0 Å². The van der Waals surface area contributed by atoms with Crippen LogP contribution in [0.2, 0.25) is 0 Å². The van der Waals surface area contributed by atoms with E-state index in [0.29, 0.717) is 12.1 Å². The Morgan fingerprint density at radius 1 is 0.955 bits per heavy atom. The molecule has 12 heteroatoms. The van der Waals surface area contributed by atoms with E-state index < -0.39 is 41.1 Å². The summed E-state index contributed by atoms with van der Waals surface area (Å²) in [4.78, 5) is 29.8. The summed E-state index contributed by atoms with van der Waals surface area (Å²) in [6.45, 7) is 0. The second-order valence-corrected chi connectivity index (χ2v) is 3.88. The number of anilines is 1. The summed E-state index contributed by atoms with van der Waals surface area (Å²) in [6.07, 6.45) is -10.2. The fraction of sp³-hybridized carbons (Fsp3) is 0.200. The van der Waals surface area contributed by atoms with Crippen molar-refractivity contribution in [2.45, 2.75) is 12.4 Å². The Kier molecular flexibility index (Phi) is 3.64. The molecule has 120 valence electrons. The van der Waals surface area contributed by atoms with Crippen molar-refractivity contribution in [3.63, 3.8) is 0 Å². The van der Waals surface area contributed by atoms with E-state index >= 15 is 0 Å². The summed E-state index contributed by atoms with van der Waals surface area (Å²) in [6, 6.07) is 0.586. The fourth-order valence-electron chi connectivity index (χ4n) is 1.48. The molecule has 1 saturated heterocycles. The van der Waals surface area contributed by atoms with E-state index in [-0.39, 0.29) is 11.2 Å². The van der Waals surface area contributed by atoms with E-state index in [1.54, 1.807) is 5.59 Å². The maximum Gasteiger partial charge on any atom is 0.444 e. The molecule has 0 unspecified atom stereocenters. The monoisotopic (exact) mass is 330 g/mol. The van der Waals surface area contributed by atoms with Gasteiger partial charge >= 0.3 is 24.3 Å². The third kappa shape index (κ3) is 3.05. The standard InChI is InChI=1S/C10H4F6N2O4/c11-9(12,13)4-1-2-6(5(3-4)10(14,15)16)18-17-21-7(19)8(20)22-18/h1-3,17H. The van der Waals surface area contributed by atoms with Crippen molar-refractivity contribution in [1.82, 2.24) is 5.59 Å². The van der Waals surface area contributed by atoms with Gasteiger partial charge in [-0.1, -0.05) is 0 Å². The van der Waals surface area contributed by atoms with Crippen molar-refractivity contribution < 1.29 is 45.6 Å². The average molecular weight is 330 g/mol. The summed E-state index contributed by atoms with van der Waals surface area (Å²) in [5.41, 5.74) is -2.75. The van der Waals surface area contributed by atoms with Gasteiger partial charge in [0.05, 0.1) is 11.1 Å². The van der Waals surface area contributed by atoms with Crippen LogP contribution in [0, 0.1) is 0 Å². The van der Waals surface area contributed by atoms with Crippen LogP contribution in [0.5, 0.6) is 0 Å². The normalized spacial score (nSPS) is 16.4. The lowest BCUT2D eigenvalue weighted by Crippen LogP contribution is -2.50. The Labute approximate surface area is 117 Å². The van der Waals surface area contributed by atoms with Crippen LogP contribution in [0.25, 0.3) is 0 Å². The van der Waals surface area contributed by atoms with Crippen molar-refractivity contribution >= 4 is 17.6 Å². The second kappa shape index (κ2) is 5.05. The third-order valence-electron chi connectivity index (χ3n) is 2.41. The van der Waals surface area contributed by atoms with E-state index in [1.807, 2.05) is 0 Å². The third-order valence-corrected chi connectivity index (χ3v) is 2.41. The zero-order chi connectivity index (χ0) is 16.7. The molecule has 0 amide bonds. The number of carbonyl (C=O) groups is 2. The molecule has 1 heterocycles. The first-order chi connectivity index (χ1) is 10.00. The first-order valence-electron chi connectivity index (χ1n) is 5.27. The Bertz CT molecular complexity index is 627. The summed E-state index contributed by atoms with van der Waals surface area (Å²) in [5.74, 6) is -3.18. The molecule has 1 aliphatic heterocycles. The van der Waals surface area contributed by atoms with Gasteiger partial charge in [0.2, 0.25) is 0 Å². The summed E-state index contributed by atoms with van der Waals surface area (Å²) < 4.78 is 76.1. The maximum absolute atomic E-state index is 12.9. The molecule has 1 fully saturated rings. The van der Waals surface area contributed by atoms with Crippen LogP contribution in [-0.2, 0) is 31.6 Å². The highest BCUT2D eigenvalue weighted by atomic mass is 19.4. The molecular weight excluding hydrogens is 326 g/mol. The number of nitrogens with zero attached hydrogens (tertiary/aromatic N) is 1. The van der Waals surface area contributed by atoms with Gasteiger partial charge in [-0.25, -0.2) is 9.59 Å². The minimum absolute atomic E-state index is 0.00723. The molecule has 1 N–H and O–H groups in total. The van der Waals surface area contributed by atoms with Gasteiger partial charge in [0.25, 0.3) is 0 Å². The second-order valence-electron chi connectivity index (χ2n) is 3.88. The first-order valence-corrected chi connectivity index (χ1v) is 5.27. The van der Waals surface area contributed by atoms with Crippen LogP contribution < -0.4 is 10.8 Å². The topological polar surface area (TPSA) is 67.9 Å². The van der Waals surface area contributed by atoms with Crippen LogP contribution in [0.15, 0.2) is 18.2 Å². The zero-order valence-corrected chi connectivity index (χ0v) is 10.1. The van der Waals surface area contributed by atoms with Gasteiger partial charge in [-0.2, -0.15) is 26.3 Å². The van der Waals surface area contributed by atoms with Gasteiger partial charge in [-0.05, 0) is 23.8 Å². The van der Waals surface area contributed by atoms with Crippen molar-refractivity contribution in [3.8, 4) is 0 Å². The average Bonchev–Trinajstić information content (AvgIpc) is 2.39. The van der Waals surface area contributed by atoms with E-state index in [1.165, 1.54) is 0 Å². The fourth-order valence-corrected chi connectivity index (χ4v) is 1.48.